The third-order valence-corrected chi connectivity index (χ3v) is 2.78. The van der Waals surface area contributed by atoms with Crippen molar-refractivity contribution < 1.29 is 8.42 Å². The van der Waals surface area contributed by atoms with Crippen molar-refractivity contribution in [2.24, 2.45) is 0 Å². The van der Waals surface area contributed by atoms with E-state index in [9.17, 15) is 8.42 Å². The van der Waals surface area contributed by atoms with Crippen LogP contribution in [0.4, 0.5) is 11.8 Å². The Morgan fingerprint density at radius 2 is 1.85 bits per heavy atom. The summed E-state index contributed by atoms with van der Waals surface area (Å²) in [5, 5.41) is 0. The standard InChI is InChI=1S/C5H7ClN4O2S/c1-2-3(13(6,11)12)4(7)10-5(8)9-2/h1H3,(H4,7,8,9,10). The van der Waals surface area contributed by atoms with Gasteiger partial charge in [0.15, 0.2) is 0 Å². The SMILES string of the molecule is Cc1nc(N)nc(N)c1S(=O)(=O)Cl. The van der Waals surface area contributed by atoms with E-state index in [0.29, 0.717) is 0 Å². The summed E-state index contributed by atoms with van der Waals surface area (Å²) < 4.78 is 21.9. The van der Waals surface area contributed by atoms with Gasteiger partial charge in [-0.15, -0.1) is 0 Å². The van der Waals surface area contributed by atoms with Crippen LogP contribution in [0.2, 0.25) is 0 Å². The zero-order chi connectivity index (χ0) is 10.2. The highest BCUT2D eigenvalue weighted by atomic mass is 35.7. The molecule has 72 valence electrons. The van der Waals surface area contributed by atoms with Crippen LogP contribution in [0.1, 0.15) is 5.69 Å². The first-order valence-corrected chi connectivity index (χ1v) is 5.47. The molecule has 1 heterocycles. The first-order chi connectivity index (χ1) is 5.82. The molecule has 0 saturated heterocycles. The van der Waals surface area contributed by atoms with Gasteiger partial charge in [0.25, 0.3) is 9.05 Å². The van der Waals surface area contributed by atoms with E-state index in [1.54, 1.807) is 0 Å². The van der Waals surface area contributed by atoms with Crippen molar-refractivity contribution in [3.8, 4) is 0 Å². The largest absolute Gasteiger partial charge is 0.382 e. The zero-order valence-electron chi connectivity index (χ0n) is 6.65. The molecule has 0 aliphatic rings. The Balaban J connectivity index is 3.57. The van der Waals surface area contributed by atoms with Crippen LogP contribution in [-0.2, 0) is 9.05 Å². The molecule has 0 fully saturated rings. The van der Waals surface area contributed by atoms with Gasteiger partial charge < -0.3 is 11.5 Å². The minimum atomic E-state index is -3.91. The van der Waals surface area contributed by atoms with Crippen LogP contribution < -0.4 is 11.5 Å². The van der Waals surface area contributed by atoms with Gasteiger partial charge in [-0.2, -0.15) is 4.98 Å². The van der Waals surface area contributed by atoms with Gasteiger partial charge in [0.1, 0.15) is 10.7 Å². The molecule has 0 aromatic carbocycles. The van der Waals surface area contributed by atoms with Crippen LogP contribution in [0.3, 0.4) is 0 Å². The Kier molecular flexibility index (Phi) is 2.31. The molecule has 1 aromatic rings. The van der Waals surface area contributed by atoms with E-state index >= 15 is 0 Å². The van der Waals surface area contributed by atoms with Crippen LogP contribution in [0, 0.1) is 6.92 Å². The van der Waals surface area contributed by atoms with Gasteiger partial charge in [-0.05, 0) is 6.92 Å². The van der Waals surface area contributed by atoms with E-state index in [1.165, 1.54) is 6.92 Å². The van der Waals surface area contributed by atoms with Gasteiger partial charge in [-0.3, -0.25) is 0 Å². The predicted octanol–water partition coefficient (Wildman–Crippen LogP) is -0.123. The first-order valence-electron chi connectivity index (χ1n) is 3.16. The minimum absolute atomic E-state index is 0.0842. The summed E-state index contributed by atoms with van der Waals surface area (Å²) in [5.74, 6) is -0.320. The summed E-state index contributed by atoms with van der Waals surface area (Å²) in [6.07, 6.45) is 0. The smallest absolute Gasteiger partial charge is 0.266 e. The number of nitrogens with zero attached hydrogens (tertiary/aromatic N) is 2. The average Bonchev–Trinajstić information content (AvgIpc) is 1.78. The molecule has 0 aliphatic heterocycles. The molecule has 6 nitrogen and oxygen atoms in total. The Labute approximate surface area is 79.3 Å². The molecule has 1 aromatic heterocycles. The molecular formula is C5H7ClN4O2S. The minimum Gasteiger partial charge on any atom is -0.382 e. The molecule has 0 atom stereocenters. The molecule has 0 unspecified atom stereocenters. The zero-order valence-corrected chi connectivity index (χ0v) is 8.22. The third kappa shape index (κ3) is 1.99. The van der Waals surface area contributed by atoms with Gasteiger partial charge >= 0.3 is 0 Å². The van der Waals surface area contributed by atoms with Crippen molar-refractivity contribution >= 4 is 31.5 Å². The lowest BCUT2D eigenvalue weighted by atomic mass is 10.4. The molecule has 0 bridgehead atoms. The molecule has 0 radical (unpaired) electrons. The van der Waals surface area contributed by atoms with Crippen LogP contribution >= 0.6 is 10.7 Å². The number of nitrogen functional groups attached to an aromatic ring is 2. The third-order valence-electron chi connectivity index (χ3n) is 1.32. The summed E-state index contributed by atoms with van der Waals surface area (Å²) >= 11 is 0. The molecule has 8 heteroatoms. The Morgan fingerprint density at radius 3 is 2.23 bits per heavy atom. The van der Waals surface area contributed by atoms with E-state index in [2.05, 4.69) is 9.97 Å². The Bertz CT molecular complexity index is 421. The molecule has 0 spiro atoms. The first kappa shape index (κ1) is 10.0. The van der Waals surface area contributed by atoms with Crippen molar-refractivity contribution in [3.63, 3.8) is 0 Å². The second-order valence-electron chi connectivity index (χ2n) is 2.32. The molecule has 1 rings (SSSR count). The van der Waals surface area contributed by atoms with Crippen LogP contribution in [0.5, 0.6) is 0 Å². The van der Waals surface area contributed by atoms with Crippen LogP contribution in [-0.4, -0.2) is 18.4 Å². The number of hydrogen-bond acceptors (Lipinski definition) is 6. The van der Waals surface area contributed by atoms with E-state index in [1.807, 2.05) is 0 Å². The Morgan fingerprint density at radius 1 is 1.31 bits per heavy atom. The maximum absolute atomic E-state index is 11.0. The number of aryl methyl sites for hydroxylation is 1. The summed E-state index contributed by atoms with van der Waals surface area (Å²) in [6, 6.07) is 0. The normalized spacial score (nSPS) is 11.5. The lowest BCUT2D eigenvalue weighted by Crippen LogP contribution is -2.08. The fourth-order valence-corrected chi connectivity index (χ4v) is 2.17. The number of halogens is 1. The summed E-state index contributed by atoms with van der Waals surface area (Å²) in [5.41, 5.74) is 10.7. The molecule has 0 saturated carbocycles. The van der Waals surface area contributed by atoms with Crippen molar-refractivity contribution in [3.05, 3.63) is 5.69 Å². The Hall–Kier alpha value is -1.08. The average molecular weight is 223 g/mol. The quantitative estimate of drug-likeness (QED) is 0.641. The van der Waals surface area contributed by atoms with E-state index < -0.39 is 9.05 Å². The number of aromatic nitrogens is 2. The lowest BCUT2D eigenvalue weighted by Gasteiger charge is -2.04. The monoisotopic (exact) mass is 222 g/mol. The number of rotatable bonds is 1. The van der Waals surface area contributed by atoms with Gasteiger partial charge in [0.05, 0.1) is 5.69 Å². The van der Waals surface area contributed by atoms with Crippen LogP contribution in [0.15, 0.2) is 4.90 Å². The van der Waals surface area contributed by atoms with Crippen molar-refractivity contribution in [1.82, 2.24) is 9.97 Å². The number of hydrogen-bond donors (Lipinski definition) is 2. The number of anilines is 2. The highest BCUT2D eigenvalue weighted by molar-refractivity contribution is 8.13. The molecular weight excluding hydrogens is 216 g/mol. The second kappa shape index (κ2) is 3.00. The van der Waals surface area contributed by atoms with Gasteiger partial charge in [-0.1, -0.05) is 0 Å². The van der Waals surface area contributed by atoms with Crippen molar-refractivity contribution in [2.45, 2.75) is 11.8 Å². The fraction of sp³-hybridized carbons (Fsp3) is 0.200. The topological polar surface area (TPSA) is 112 Å². The van der Waals surface area contributed by atoms with E-state index in [0.717, 1.165) is 0 Å². The molecule has 13 heavy (non-hydrogen) atoms. The highest BCUT2D eigenvalue weighted by Crippen LogP contribution is 2.23. The summed E-state index contributed by atoms with van der Waals surface area (Å²) in [4.78, 5) is 6.82. The van der Waals surface area contributed by atoms with E-state index in [4.69, 9.17) is 22.1 Å². The number of nitrogens with two attached hydrogens (primary N) is 2. The lowest BCUT2D eigenvalue weighted by molar-refractivity contribution is 0.608. The van der Waals surface area contributed by atoms with Gasteiger partial charge in [0, 0.05) is 10.7 Å². The maximum Gasteiger partial charge on any atom is 0.266 e. The molecule has 0 amide bonds. The molecule has 4 N–H and O–H groups in total. The maximum atomic E-state index is 11.0. The van der Waals surface area contributed by atoms with Crippen LogP contribution in [0.25, 0.3) is 0 Å². The van der Waals surface area contributed by atoms with Gasteiger partial charge in [0.2, 0.25) is 5.95 Å². The van der Waals surface area contributed by atoms with Gasteiger partial charge in [-0.25, -0.2) is 13.4 Å². The summed E-state index contributed by atoms with van der Waals surface area (Å²) in [6.45, 7) is 1.43. The molecule has 0 aliphatic carbocycles. The van der Waals surface area contributed by atoms with E-state index in [-0.39, 0.29) is 22.4 Å². The van der Waals surface area contributed by atoms with Crippen molar-refractivity contribution in [1.29, 1.82) is 0 Å². The predicted molar refractivity (Wildman–Crippen MR) is 48.6 cm³/mol. The summed E-state index contributed by atoms with van der Waals surface area (Å²) in [7, 11) is 1.18. The highest BCUT2D eigenvalue weighted by Gasteiger charge is 2.20. The fourth-order valence-electron chi connectivity index (χ4n) is 0.908. The van der Waals surface area contributed by atoms with Crippen molar-refractivity contribution in [2.75, 3.05) is 11.5 Å². The second-order valence-corrected chi connectivity index (χ2v) is 4.82.